The van der Waals surface area contributed by atoms with Gasteiger partial charge in [-0.15, -0.1) is 0 Å². The fourth-order valence-electron chi connectivity index (χ4n) is 1.60. The molecular formula is C14H10F2N2O. The van der Waals surface area contributed by atoms with E-state index in [9.17, 15) is 8.78 Å². The molecule has 3 nitrogen and oxygen atoms in total. The molecule has 0 aromatic heterocycles. The third-order valence-electron chi connectivity index (χ3n) is 2.57. The van der Waals surface area contributed by atoms with E-state index in [1.54, 1.807) is 6.07 Å². The molecule has 1 N–H and O–H groups in total. The first-order chi connectivity index (χ1) is 9.15. The lowest BCUT2D eigenvalue weighted by molar-refractivity contribution is 0.415. The van der Waals surface area contributed by atoms with Gasteiger partial charge in [-0.05, 0) is 24.3 Å². The van der Waals surface area contributed by atoms with Gasteiger partial charge in [-0.3, -0.25) is 0 Å². The summed E-state index contributed by atoms with van der Waals surface area (Å²) in [5.41, 5.74) is 0.251. The van der Waals surface area contributed by atoms with Gasteiger partial charge in [-0.1, -0.05) is 6.07 Å². The predicted molar refractivity (Wildman–Crippen MR) is 67.3 cm³/mol. The zero-order valence-electron chi connectivity index (χ0n) is 10.1. The molecule has 0 heterocycles. The average molecular weight is 260 g/mol. The van der Waals surface area contributed by atoms with Crippen LogP contribution in [-0.4, -0.2) is 7.11 Å². The number of hydrogen-bond acceptors (Lipinski definition) is 3. The minimum atomic E-state index is -0.730. The normalized spacial score (nSPS) is 9.79. The number of para-hydroxylation sites is 1. The predicted octanol–water partition coefficient (Wildman–Crippen LogP) is 3.59. The first-order valence-corrected chi connectivity index (χ1v) is 5.45. The summed E-state index contributed by atoms with van der Waals surface area (Å²) < 4.78 is 32.1. The molecule has 0 aliphatic carbocycles. The van der Waals surface area contributed by atoms with Gasteiger partial charge in [0.05, 0.1) is 18.4 Å². The Morgan fingerprint density at radius 1 is 1.16 bits per heavy atom. The number of nitrogens with one attached hydrogen (secondary N) is 1. The second-order valence-corrected chi connectivity index (χ2v) is 3.74. The van der Waals surface area contributed by atoms with Crippen molar-refractivity contribution >= 4 is 11.4 Å². The van der Waals surface area contributed by atoms with Gasteiger partial charge in [0.1, 0.15) is 29.1 Å². The van der Waals surface area contributed by atoms with Crippen LogP contribution in [0.4, 0.5) is 20.2 Å². The molecule has 0 bridgehead atoms. The van der Waals surface area contributed by atoms with E-state index in [0.717, 1.165) is 12.1 Å². The fraction of sp³-hybridized carbons (Fsp3) is 0.0714. The third-order valence-corrected chi connectivity index (χ3v) is 2.57. The van der Waals surface area contributed by atoms with Gasteiger partial charge < -0.3 is 10.1 Å². The summed E-state index contributed by atoms with van der Waals surface area (Å²) in [5, 5.41) is 11.6. The first-order valence-electron chi connectivity index (χ1n) is 5.45. The lowest BCUT2D eigenvalue weighted by Gasteiger charge is -2.11. The van der Waals surface area contributed by atoms with Crippen LogP contribution >= 0.6 is 0 Å². The van der Waals surface area contributed by atoms with Crippen molar-refractivity contribution in [2.75, 3.05) is 12.4 Å². The summed E-state index contributed by atoms with van der Waals surface area (Å²) in [6.07, 6.45) is 0. The van der Waals surface area contributed by atoms with Crippen molar-refractivity contribution in [2.24, 2.45) is 0 Å². The lowest BCUT2D eigenvalue weighted by Crippen LogP contribution is -1.99. The summed E-state index contributed by atoms with van der Waals surface area (Å²) in [6.45, 7) is 0. The Labute approximate surface area is 109 Å². The van der Waals surface area contributed by atoms with Gasteiger partial charge >= 0.3 is 0 Å². The molecule has 19 heavy (non-hydrogen) atoms. The van der Waals surface area contributed by atoms with Crippen LogP contribution in [0.25, 0.3) is 0 Å². The summed E-state index contributed by atoms with van der Waals surface area (Å²) >= 11 is 0. The number of ether oxygens (including phenoxy) is 1. The molecule has 2 aromatic carbocycles. The van der Waals surface area contributed by atoms with E-state index in [4.69, 9.17) is 10.00 Å². The SMILES string of the molecule is COc1ccc(C#N)c(Nc2c(F)cccc2F)c1. The number of anilines is 2. The maximum Gasteiger partial charge on any atom is 0.149 e. The minimum Gasteiger partial charge on any atom is -0.497 e. The zero-order chi connectivity index (χ0) is 13.8. The second-order valence-electron chi connectivity index (χ2n) is 3.74. The van der Waals surface area contributed by atoms with Crippen molar-refractivity contribution < 1.29 is 13.5 Å². The minimum absolute atomic E-state index is 0.267. The van der Waals surface area contributed by atoms with Crippen molar-refractivity contribution in [2.45, 2.75) is 0 Å². The molecule has 0 atom stereocenters. The van der Waals surface area contributed by atoms with Crippen molar-refractivity contribution in [1.82, 2.24) is 0 Å². The Balaban J connectivity index is 2.46. The molecule has 0 spiro atoms. The highest BCUT2D eigenvalue weighted by atomic mass is 19.1. The summed E-state index contributed by atoms with van der Waals surface area (Å²) in [5.74, 6) is -0.975. The molecule has 2 aromatic rings. The van der Waals surface area contributed by atoms with E-state index in [2.05, 4.69) is 5.32 Å². The second kappa shape index (κ2) is 5.36. The number of benzene rings is 2. The molecule has 96 valence electrons. The molecule has 2 rings (SSSR count). The Morgan fingerprint density at radius 3 is 2.42 bits per heavy atom. The van der Waals surface area contributed by atoms with Crippen LogP contribution in [0, 0.1) is 23.0 Å². The Morgan fingerprint density at radius 2 is 1.84 bits per heavy atom. The molecule has 0 radical (unpaired) electrons. The number of rotatable bonds is 3. The van der Waals surface area contributed by atoms with Gasteiger partial charge in [-0.2, -0.15) is 5.26 Å². The highest BCUT2D eigenvalue weighted by molar-refractivity contribution is 5.68. The number of methoxy groups -OCH3 is 1. The fourth-order valence-corrected chi connectivity index (χ4v) is 1.60. The summed E-state index contributed by atoms with van der Waals surface area (Å²) in [6, 6.07) is 10.1. The molecule has 0 aliphatic rings. The van der Waals surface area contributed by atoms with Crippen molar-refractivity contribution in [3.63, 3.8) is 0 Å². The van der Waals surface area contributed by atoms with E-state index in [1.165, 1.54) is 25.3 Å². The van der Waals surface area contributed by atoms with Gasteiger partial charge in [-0.25, -0.2) is 8.78 Å². The molecule has 0 fully saturated rings. The monoisotopic (exact) mass is 260 g/mol. The van der Waals surface area contributed by atoms with Crippen LogP contribution in [0.15, 0.2) is 36.4 Å². The van der Waals surface area contributed by atoms with Crippen LogP contribution in [-0.2, 0) is 0 Å². The first kappa shape index (κ1) is 12.8. The molecule has 0 aliphatic heterocycles. The van der Waals surface area contributed by atoms with Crippen molar-refractivity contribution in [1.29, 1.82) is 5.26 Å². The van der Waals surface area contributed by atoms with E-state index >= 15 is 0 Å². The largest absolute Gasteiger partial charge is 0.497 e. The smallest absolute Gasteiger partial charge is 0.149 e. The van der Waals surface area contributed by atoms with Crippen LogP contribution in [0.3, 0.4) is 0 Å². The third kappa shape index (κ3) is 2.63. The molecule has 0 unspecified atom stereocenters. The molecule has 5 heteroatoms. The maximum atomic E-state index is 13.5. The van der Waals surface area contributed by atoms with Crippen LogP contribution < -0.4 is 10.1 Å². The van der Waals surface area contributed by atoms with E-state index in [1.807, 2.05) is 6.07 Å². The quantitative estimate of drug-likeness (QED) is 0.917. The Kier molecular flexibility index (Phi) is 3.62. The maximum absolute atomic E-state index is 13.5. The van der Waals surface area contributed by atoms with Gasteiger partial charge in [0.15, 0.2) is 0 Å². The van der Waals surface area contributed by atoms with E-state index in [0.29, 0.717) is 5.75 Å². The molecule has 0 saturated carbocycles. The average Bonchev–Trinajstić information content (AvgIpc) is 2.42. The molecule has 0 saturated heterocycles. The molecular weight excluding hydrogens is 250 g/mol. The van der Waals surface area contributed by atoms with E-state index in [-0.39, 0.29) is 16.9 Å². The molecule has 0 amide bonds. The Hall–Kier alpha value is -2.61. The summed E-state index contributed by atoms with van der Waals surface area (Å²) in [7, 11) is 1.47. The van der Waals surface area contributed by atoms with E-state index < -0.39 is 11.6 Å². The lowest BCUT2D eigenvalue weighted by atomic mass is 10.1. The van der Waals surface area contributed by atoms with Crippen LogP contribution in [0.5, 0.6) is 5.75 Å². The zero-order valence-corrected chi connectivity index (χ0v) is 10.1. The summed E-state index contributed by atoms with van der Waals surface area (Å²) in [4.78, 5) is 0. The van der Waals surface area contributed by atoms with Crippen molar-refractivity contribution in [3.8, 4) is 11.8 Å². The Bertz CT molecular complexity index is 630. The highest BCUT2D eigenvalue weighted by Gasteiger charge is 2.11. The number of nitrogens with zero attached hydrogens (tertiary/aromatic N) is 1. The van der Waals surface area contributed by atoms with Crippen LogP contribution in [0.2, 0.25) is 0 Å². The topological polar surface area (TPSA) is 45.0 Å². The van der Waals surface area contributed by atoms with Gasteiger partial charge in [0, 0.05) is 6.07 Å². The number of hydrogen-bond donors (Lipinski definition) is 1. The standard InChI is InChI=1S/C14H10F2N2O/c1-19-10-6-5-9(8-17)13(7-10)18-14-11(15)3-2-4-12(14)16/h2-7,18H,1H3. The van der Waals surface area contributed by atoms with Crippen LogP contribution in [0.1, 0.15) is 5.56 Å². The number of halogens is 2. The number of nitriles is 1. The van der Waals surface area contributed by atoms with Gasteiger partial charge in [0.25, 0.3) is 0 Å². The van der Waals surface area contributed by atoms with Gasteiger partial charge in [0.2, 0.25) is 0 Å². The highest BCUT2D eigenvalue weighted by Crippen LogP contribution is 2.28. The van der Waals surface area contributed by atoms with Crippen molar-refractivity contribution in [3.05, 3.63) is 53.6 Å².